The van der Waals surface area contributed by atoms with Crippen LogP contribution in [0.2, 0.25) is 10.0 Å². The lowest BCUT2D eigenvalue weighted by Crippen LogP contribution is -2.49. The normalized spacial score (nSPS) is 16.1. The number of carbonyl (C=O) groups is 1. The van der Waals surface area contributed by atoms with Crippen LogP contribution in [0.15, 0.2) is 47.8 Å². The number of amides is 1. The highest BCUT2D eigenvalue weighted by atomic mass is 35.5. The van der Waals surface area contributed by atoms with Crippen molar-refractivity contribution in [1.82, 2.24) is 23.6 Å². The van der Waals surface area contributed by atoms with Gasteiger partial charge in [-0.1, -0.05) is 23.2 Å². The van der Waals surface area contributed by atoms with Crippen molar-refractivity contribution in [2.24, 2.45) is 7.05 Å². The molecular weight excluding hydrogens is 449 g/mol. The van der Waals surface area contributed by atoms with Crippen molar-refractivity contribution in [1.29, 1.82) is 0 Å². The monoisotopic (exact) mass is 469 g/mol. The van der Waals surface area contributed by atoms with Crippen molar-refractivity contribution in [3.63, 3.8) is 0 Å². The first-order chi connectivity index (χ1) is 15.2. The van der Waals surface area contributed by atoms with Gasteiger partial charge in [0.25, 0.3) is 11.5 Å². The Hall–Kier alpha value is -3.03. The van der Waals surface area contributed by atoms with Crippen LogP contribution in [0.4, 0.5) is 0 Å². The standard InChI is InChI=1S/C23H21Cl2N5O2/c1-13-8-28(12-26-13)19-4-5-20-23(32)29(14(2)9-30(20)22(19)31)11-15-10-27(3)21-7-18(25)17(24)6-16(15)21/h4-8,10,12,14H,9,11H2,1-3H3/t14-/m1/s1. The van der Waals surface area contributed by atoms with E-state index in [-0.39, 0.29) is 17.5 Å². The van der Waals surface area contributed by atoms with Gasteiger partial charge in [-0.3, -0.25) is 9.59 Å². The highest BCUT2D eigenvalue weighted by Gasteiger charge is 2.32. The SMILES string of the molecule is Cc1cn(-c2ccc3n(c2=O)C[C@@H](C)N(Cc2cn(C)c4cc(Cl)c(Cl)cc24)C3=O)cn1. The van der Waals surface area contributed by atoms with Crippen LogP contribution in [0.25, 0.3) is 16.6 Å². The highest BCUT2D eigenvalue weighted by molar-refractivity contribution is 6.42. The molecule has 5 rings (SSSR count). The maximum Gasteiger partial charge on any atom is 0.275 e. The predicted molar refractivity (Wildman–Crippen MR) is 125 cm³/mol. The van der Waals surface area contributed by atoms with Gasteiger partial charge in [0.15, 0.2) is 0 Å². The second kappa shape index (κ2) is 7.53. The summed E-state index contributed by atoms with van der Waals surface area (Å²) < 4.78 is 5.23. The maximum absolute atomic E-state index is 13.4. The van der Waals surface area contributed by atoms with Gasteiger partial charge >= 0.3 is 0 Å². The molecule has 0 spiro atoms. The first-order valence-corrected chi connectivity index (χ1v) is 11.0. The van der Waals surface area contributed by atoms with Crippen molar-refractivity contribution >= 4 is 40.0 Å². The van der Waals surface area contributed by atoms with Crippen LogP contribution < -0.4 is 5.56 Å². The summed E-state index contributed by atoms with van der Waals surface area (Å²) in [6.07, 6.45) is 5.39. The Labute approximate surface area is 194 Å². The molecule has 0 radical (unpaired) electrons. The first kappa shape index (κ1) is 20.8. The molecule has 0 aliphatic carbocycles. The summed E-state index contributed by atoms with van der Waals surface area (Å²) in [6.45, 7) is 4.64. The summed E-state index contributed by atoms with van der Waals surface area (Å²) in [7, 11) is 1.94. The van der Waals surface area contributed by atoms with Gasteiger partial charge in [0.1, 0.15) is 11.4 Å². The van der Waals surface area contributed by atoms with Crippen molar-refractivity contribution in [3.05, 3.63) is 80.3 Å². The second-order valence-electron chi connectivity index (χ2n) is 8.27. The van der Waals surface area contributed by atoms with Crippen LogP contribution in [0, 0.1) is 6.92 Å². The summed E-state index contributed by atoms with van der Waals surface area (Å²) in [4.78, 5) is 32.5. The molecule has 1 aliphatic rings. The molecule has 0 fully saturated rings. The quantitative estimate of drug-likeness (QED) is 0.451. The molecule has 0 saturated carbocycles. The Bertz CT molecular complexity index is 1450. The predicted octanol–water partition coefficient (Wildman–Crippen LogP) is 4.19. The van der Waals surface area contributed by atoms with E-state index in [9.17, 15) is 9.59 Å². The van der Waals surface area contributed by atoms with Gasteiger partial charge in [-0.25, -0.2) is 4.98 Å². The fraction of sp³-hybridized carbons (Fsp3) is 0.261. The van der Waals surface area contributed by atoms with Gasteiger partial charge in [-0.2, -0.15) is 0 Å². The van der Waals surface area contributed by atoms with Gasteiger partial charge in [0.2, 0.25) is 0 Å². The number of aromatic nitrogens is 4. The van der Waals surface area contributed by atoms with Gasteiger partial charge in [0, 0.05) is 49.5 Å². The third kappa shape index (κ3) is 3.24. The molecule has 1 aliphatic heterocycles. The molecule has 4 heterocycles. The first-order valence-electron chi connectivity index (χ1n) is 10.2. The number of hydrogen-bond donors (Lipinski definition) is 0. The zero-order chi connectivity index (χ0) is 22.7. The minimum atomic E-state index is -0.202. The summed E-state index contributed by atoms with van der Waals surface area (Å²) >= 11 is 12.4. The van der Waals surface area contributed by atoms with Gasteiger partial charge < -0.3 is 18.6 Å². The average molecular weight is 470 g/mol. The van der Waals surface area contributed by atoms with Crippen LogP contribution >= 0.6 is 23.2 Å². The Kier molecular flexibility index (Phi) is 4.91. The van der Waals surface area contributed by atoms with Crippen LogP contribution in [-0.2, 0) is 20.1 Å². The minimum absolute atomic E-state index is 0.162. The van der Waals surface area contributed by atoms with E-state index in [1.54, 1.807) is 38.7 Å². The van der Waals surface area contributed by atoms with E-state index in [1.807, 2.05) is 43.8 Å². The molecule has 0 unspecified atom stereocenters. The average Bonchev–Trinajstić information content (AvgIpc) is 3.30. The van der Waals surface area contributed by atoms with Gasteiger partial charge in [0.05, 0.1) is 22.1 Å². The third-order valence-corrected chi connectivity index (χ3v) is 6.78. The Morgan fingerprint density at radius 1 is 1.12 bits per heavy atom. The van der Waals surface area contributed by atoms with E-state index in [4.69, 9.17) is 23.2 Å². The molecule has 164 valence electrons. The van der Waals surface area contributed by atoms with Crippen LogP contribution in [-0.4, -0.2) is 35.5 Å². The lowest BCUT2D eigenvalue weighted by atomic mass is 10.1. The zero-order valence-corrected chi connectivity index (χ0v) is 19.4. The topological polar surface area (TPSA) is 65.1 Å². The highest BCUT2D eigenvalue weighted by Crippen LogP contribution is 2.32. The Morgan fingerprint density at radius 2 is 1.88 bits per heavy atom. The summed E-state index contributed by atoms with van der Waals surface area (Å²) in [5, 5.41) is 1.92. The Balaban J connectivity index is 1.52. The number of imidazole rings is 1. The fourth-order valence-electron chi connectivity index (χ4n) is 4.39. The molecule has 9 heteroatoms. The number of benzene rings is 1. The number of carbonyl (C=O) groups excluding carboxylic acids is 1. The van der Waals surface area contributed by atoms with Crippen LogP contribution in [0.1, 0.15) is 28.7 Å². The molecule has 32 heavy (non-hydrogen) atoms. The van der Waals surface area contributed by atoms with Crippen molar-refractivity contribution in [3.8, 4) is 5.69 Å². The van der Waals surface area contributed by atoms with Gasteiger partial charge in [-0.05, 0) is 43.7 Å². The number of hydrogen-bond acceptors (Lipinski definition) is 3. The van der Waals surface area contributed by atoms with Gasteiger partial charge in [-0.15, -0.1) is 0 Å². The Morgan fingerprint density at radius 3 is 2.59 bits per heavy atom. The number of rotatable bonds is 3. The van der Waals surface area contributed by atoms with E-state index in [2.05, 4.69) is 4.98 Å². The van der Waals surface area contributed by atoms with E-state index in [0.29, 0.717) is 34.5 Å². The number of aryl methyl sites for hydroxylation is 2. The van der Waals surface area contributed by atoms with E-state index < -0.39 is 0 Å². The number of halogens is 2. The van der Waals surface area contributed by atoms with Crippen molar-refractivity contribution in [2.75, 3.05) is 0 Å². The van der Waals surface area contributed by atoms with Crippen LogP contribution in [0.3, 0.4) is 0 Å². The molecule has 0 bridgehead atoms. The second-order valence-corrected chi connectivity index (χ2v) is 9.09. The minimum Gasteiger partial charge on any atom is -0.350 e. The largest absolute Gasteiger partial charge is 0.350 e. The third-order valence-electron chi connectivity index (χ3n) is 6.06. The summed E-state index contributed by atoms with van der Waals surface area (Å²) in [5.41, 5.74) is 3.40. The van der Waals surface area contributed by atoms with Crippen molar-refractivity contribution < 1.29 is 4.79 Å². The van der Waals surface area contributed by atoms with Crippen LogP contribution in [0.5, 0.6) is 0 Å². The van der Waals surface area contributed by atoms with E-state index in [0.717, 1.165) is 22.2 Å². The smallest absolute Gasteiger partial charge is 0.275 e. The molecule has 0 saturated heterocycles. The summed E-state index contributed by atoms with van der Waals surface area (Å²) in [5.74, 6) is -0.175. The van der Waals surface area contributed by atoms with E-state index in [1.165, 1.54) is 0 Å². The molecule has 0 N–H and O–H groups in total. The fourth-order valence-corrected chi connectivity index (χ4v) is 4.71. The molecule has 7 nitrogen and oxygen atoms in total. The lowest BCUT2D eigenvalue weighted by molar-refractivity contribution is 0.0591. The molecule has 1 aromatic carbocycles. The number of pyridine rings is 1. The molecular formula is C23H21Cl2N5O2. The molecule has 3 aromatic heterocycles. The van der Waals surface area contributed by atoms with E-state index >= 15 is 0 Å². The van der Waals surface area contributed by atoms with Crippen molar-refractivity contribution in [2.45, 2.75) is 33.0 Å². The molecule has 1 amide bonds. The number of fused-ring (bicyclic) bond motifs is 2. The molecule has 4 aromatic rings. The zero-order valence-electron chi connectivity index (χ0n) is 17.8. The lowest BCUT2D eigenvalue weighted by Gasteiger charge is -2.35. The summed E-state index contributed by atoms with van der Waals surface area (Å²) in [6, 6.07) is 6.91. The molecule has 1 atom stereocenters. The number of nitrogens with zero attached hydrogens (tertiary/aromatic N) is 5. The maximum atomic E-state index is 13.4.